The number of hydrogen-bond donors (Lipinski definition) is 6. The first-order valence-corrected chi connectivity index (χ1v) is 22.6. The smallest absolute Gasteiger partial charge is 0.472 e. The van der Waals surface area contributed by atoms with Gasteiger partial charge in [0.15, 0.2) is 6.10 Å². The van der Waals surface area contributed by atoms with Crippen LogP contribution in [-0.2, 0) is 37.5 Å². The third-order valence-electron chi connectivity index (χ3n) is 10.0. The van der Waals surface area contributed by atoms with Crippen LogP contribution >= 0.6 is 7.82 Å². The van der Waals surface area contributed by atoms with Crippen LogP contribution in [0.4, 0.5) is 0 Å². The molecule has 8 atom stereocenters. The molecule has 1 fully saturated rings. The average molecular weight is 820 g/mol. The topological polar surface area (TPSA) is 232 Å². The molecule has 56 heavy (non-hydrogen) atoms. The van der Waals surface area contributed by atoms with E-state index in [1.807, 2.05) is 18.2 Å². The fourth-order valence-corrected chi connectivity index (χ4v) is 7.37. The second-order valence-electron chi connectivity index (χ2n) is 15.1. The lowest BCUT2D eigenvalue weighted by Crippen LogP contribution is -2.34. The minimum absolute atomic E-state index is 0.0471. The molecular formula is C41H74NO13P. The molecule has 14 nitrogen and oxygen atoms in total. The van der Waals surface area contributed by atoms with Crippen LogP contribution in [0.5, 0.6) is 0 Å². The Morgan fingerprint density at radius 1 is 0.768 bits per heavy atom. The van der Waals surface area contributed by atoms with E-state index in [2.05, 4.69) is 18.4 Å². The number of hydrogen-bond acceptors (Lipinski definition) is 12. The lowest BCUT2D eigenvalue weighted by molar-refractivity contribution is -0.161. The highest BCUT2D eigenvalue weighted by molar-refractivity contribution is 7.47. The highest BCUT2D eigenvalue weighted by atomic mass is 31.2. The summed E-state index contributed by atoms with van der Waals surface area (Å²) >= 11 is 0. The lowest BCUT2D eigenvalue weighted by Gasteiger charge is -2.20. The molecule has 0 aromatic heterocycles. The summed E-state index contributed by atoms with van der Waals surface area (Å²) in [5.41, 5.74) is 5.32. The molecule has 0 spiro atoms. The van der Waals surface area contributed by atoms with Crippen molar-refractivity contribution < 1.29 is 62.8 Å². The highest BCUT2D eigenvalue weighted by Gasteiger charge is 2.39. The number of carboxylic acid groups (broad SMARTS) is 1. The predicted molar refractivity (Wildman–Crippen MR) is 214 cm³/mol. The van der Waals surface area contributed by atoms with Crippen molar-refractivity contribution in [2.24, 2.45) is 17.6 Å². The number of carboxylic acids is 1. The van der Waals surface area contributed by atoms with E-state index in [1.165, 1.54) is 51.4 Å². The molecule has 1 aliphatic rings. The second kappa shape index (κ2) is 31.8. The number of aliphatic carboxylic acids is 1. The molecule has 1 rings (SSSR count). The first-order chi connectivity index (χ1) is 26.8. The molecule has 326 valence electrons. The van der Waals surface area contributed by atoms with Gasteiger partial charge in [-0.15, -0.1) is 0 Å². The molecule has 0 aliphatic heterocycles. The monoisotopic (exact) mass is 819 g/mol. The van der Waals surface area contributed by atoms with Crippen molar-refractivity contribution in [2.75, 3.05) is 19.8 Å². The van der Waals surface area contributed by atoms with Gasteiger partial charge in [0.25, 0.3) is 0 Å². The molecule has 0 amide bonds. The predicted octanol–water partition coefficient (Wildman–Crippen LogP) is 7.05. The maximum atomic E-state index is 12.6. The number of aliphatic hydroxyl groups excluding tert-OH is 3. The van der Waals surface area contributed by atoms with Gasteiger partial charge in [-0.1, -0.05) is 128 Å². The van der Waals surface area contributed by atoms with Crippen LogP contribution in [0, 0.1) is 11.8 Å². The number of phosphoric ester groups is 1. The molecule has 0 aromatic carbocycles. The van der Waals surface area contributed by atoms with Crippen molar-refractivity contribution in [3.63, 3.8) is 0 Å². The van der Waals surface area contributed by atoms with Gasteiger partial charge in [-0.2, -0.15) is 0 Å². The highest BCUT2D eigenvalue weighted by Crippen LogP contribution is 2.43. The number of aliphatic hydroxyl groups is 3. The van der Waals surface area contributed by atoms with Crippen LogP contribution in [0.1, 0.15) is 155 Å². The molecule has 0 aromatic rings. The van der Waals surface area contributed by atoms with Gasteiger partial charge in [-0.05, 0) is 38.0 Å². The average Bonchev–Trinajstić information content (AvgIpc) is 3.43. The van der Waals surface area contributed by atoms with Crippen LogP contribution < -0.4 is 5.73 Å². The SMILES string of the molecule is CCCCCCCCCCCCCCC(=O)O[C@H](COC(=O)CCC/C=C/C[C@@H]1[C@@H](/C=C/[C@@H](O)CCCCC)[C@H](O)C[C@@H]1O)COP(=O)(O)OC[C@H](N)C(=O)O. The molecule has 0 radical (unpaired) electrons. The first-order valence-electron chi connectivity index (χ1n) is 21.1. The number of esters is 2. The van der Waals surface area contributed by atoms with E-state index in [9.17, 15) is 39.2 Å². The zero-order valence-electron chi connectivity index (χ0n) is 34.1. The fourth-order valence-electron chi connectivity index (χ4n) is 6.59. The van der Waals surface area contributed by atoms with Gasteiger partial charge in [-0.25, -0.2) is 4.57 Å². The van der Waals surface area contributed by atoms with Crippen molar-refractivity contribution in [3.05, 3.63) is 24.3 Å². The Morgan fingerprint density at radius 3 is 1.96 bits per heavy atom. The van der Waals surface area contributed by atoms with Crippen LogP contribution in [0.2, 0.25) is 0 Å². The van der Waals surface area contributed by atoms with Crippen LogP contribution in [-0.4, -0.2) is 93.5 Å². The van der Waals surface area contributed by atoms with E-state index in [4.69, 9.17) is 24.8 Å². The van der Waals surface area contributed by atoms with Crippen molar-refractivity contribution in [3.8, 4) is 0 Å². The van der Waals surface area contributed by atoms with Gasteiger partial charge in [0.05, 0.1) is 31.5 Å². The number of phosphoric acid groups is 1. The second-order valence-corrected chi connectivity index (χ2v) is 16.6. The summed E-state index contributed by atoms with van der Waals surface area (Å²) in [6, 6.07) is -1.56. The Labute approximate surface area is 335 Å². The van der Waals surface area contributed by atoms with Gasteiger partial charge in [0, 0.05) is 25.2 Å². The summed E-state index contributed by atoms with van der Waals surface area (Å²) in [5.74, 6) is -3.05. The molecule has 1 saturated carbocycles. The number of unbranched alkanes of at least 4 members (excludes halogenated alkanes) is 14. The number of allylic oxidation sites excluding steroid dienone is 2. The summed E-state index contributed by atoms with van der Waals surface area (Å²) in [7, 11) is -4.77. The lowest BCUT2D eigenvalue weighted by atomic mass is 9.89. The molecule has 1 aliphatic carbocycles. The Bertz CT molecular complexity index is 1170. The van der Waals surface area contributed by atoms with Gasteiger partial charge in [0.2, 0.25) is 0 Å². The Balaban J connectivity index is 2.53. The summed E-state index contributed by atoms with van der Waals surface area (Å²) in [5, 5.41) is 40.1. The Hall–Kier alpha value is -2.16. The van der Waals surface area contributed by atoms with Gasteiger partial charge < -0.3 is 40.5 Å². The molecule has 7 N–H and O–H groups in total. The summed E-state index contributed by atoms with van der Waals surface area (Å²) in [6.45, 7) is 2.44. The molecule has 1 unspecified atom stereocenters. The molecule has 0 saturated heterocycles. The van der Waals surface area contributed by atoms with Crippen LogP contribution in [0.25, 0.3) is 0 Å². The van der Waals surface area contributed by atoms with Gasteiger partial charge >= 0.3 is 25.7 Å². The van der Waals surface area contributed by atoms with Crippen molar-refractivity contribution >= 4 is 25.7 Å². The molecule has 15 heteroatoms. The minimum atomic E-state index is -4.77. The minimum Gasteiger partial charge on any atom is -0.480 e. The third kappa shape index (κ3) is 26.0. The standard InChI is InChI=1S/C41H74NO13P/c1-3-5-7-8-9-10-11-12-13-14-15-21-25-40(47)55-33(30-53-56(50,51)54-31-36(42)41(48)49)29-52-39(46)24-20-17-16-19-23-34-35(38(45)28-37(34)44)27-26-32(43)22-18-6-4-2/h16,19,26-27,32-38,43-45H,3-15,17-18,20-25,28-31,42H2,1-2H3,(H,48,49)(H,50,51)/b19-16+,27-26+/t32-,33+,34+,35+,36-,37-,38+/m0/s1. The van der Waals surface area contributed by atoms with Crippen LogP contribution in [0.3, 0.4) is 0 Å². The number of carbonyl (C=O) groups is 3. The third-order valence-corrected chi connectivity index (χ3v) is 11.0. The van der Waals surface area contributed by atoms with E-state index >= 15 is 0 Å². The van der Waals surface area contributed by atoms with E-state index in [0.29, 0.717) is 32.1 Å². The number of nitrogens with two attached hydrogens (primary N) is 1. The Morgan fingerprint density at radius 2 is 1.34 bits per heavy atom. The summed E-state index contributed by atoms with van der Waals surface area (Å²) in [6.07, 6.45) is 23.5. The number of rotatable bonds is 35. The van der Waals surface area contributed by atoms with E-state index in [-0.39, 0.29) is 31.1 Å². The molecular weight excluding hydrogens is 745 g/mol. The summed E-state index contributed by atoms with van der Waals surface area (Å²) < 4.78 is 32.6. The quantitative estimate of drug-likeness (QED) is 0.0163. The normalized spacial score (nSPS) is 21.3. The first kappa shape index (κ1) is 51.9. The van der Waals surface area contributed by atoms with Crippen molar-refractivity contribution in [2.45, 2.75) is 186 Å². The largest absolute Gasteiger partial charge is 0.480 e. The van der Waals surface area contributed by atoms with E-state index in [0.717, 1.165) is 38.5 Å². The molecule has 0 bridgehead atoms. The number of carbonyl (C=O) groups excluding carboxylic acids is 2. The van der Waals surface area contributed by atoms with E-state index in [1.54, 1.807) is 6.08 Å². The zero-order chi connectivity index (χ0) is 41.6. The van der Waals surface area contributed by atoms with Crippen molar-refractivity contribution in [1.82, 2.24) is 0 Å². The molecule has 0 heterocycles. The van der Waals surface area contributed by atoms with Crippen LogP contribution in [0.15, 0.2) is 24.3 Å². The number of ether oxygens (including phenoxy) is 2. The van der Waals surface area contributed by atoms with Gasteiger partial charge in [0.1, 0.15) is 12.6 Å². The van der Waals surface area contributed by atoms with E-state index < -0.39 is 76.0 Å². The zero-order valence-corrected chi connectivity index (χ0v) is 34.9. The van der Waals surface area contributed by atoms with Gasteiger partial charge in [-0.3, -0.25) is 23.4 Å². The maximum Gasteiger partial charge on any atom is 0.472 e. The maximum absolute atomic E-state index is 12.6. The fraction of sp³-hybridized carbons (Fsp3) is 0.829. The summed E-state index contributed by atoms with van der Waals surface area (Å²) in [4.78, 5) is 46.0. The van der Waals surface area contributed by atoms with Crippen molar-refractivity contribution in [1.29, 1.82) is 0 Å². The Kier molecular flexibility index (Phi) is 29.4.